The second kappa shape index (κ2) is 10.3. The number of aromatic nitrogens is 1. The van der Waals surface area contributed by atoms with Gasteiger partial charge in [-0.15, -0.1) is 16.2 Å². The molecule has 1 aromatic carbocycles. The van der Waals surface area contributed by atoms with Gasteiger partial charge in [-0.25, -0.2) is 18.2 Å². The molecule has 2 aromatic rings. The molecule has 0 atom stereocenters. The van der Waals surface area contributed by atoms with E-state index in [4.69, 9.17) is 0 Å². The number of amides is 3. The molecule has 0 fully saturated rings. The van der Waals surface area contributed by atoms with Gasteiger partial charge < -0.3 is 5.32 Å². The standard InChI is InChI=1S/C15H19N5O4S3/c1-2-3-9-16-14(22)19-26-15-17-12(10-25-15)13(21)18-20-27(23,24)11-7-5-4-6-8-11/h4-8,10,20H,2-3,9H2,1H3,(H,18,21)(H2,16,19,22). The second-order valence-electron chi connectivity index (χ2n) is 5.18. The predicted octanol–water partition coefficient (Wildman–Crippen LogP) is 1.87. The highest BCUT2D eigenvalue weighted by Crippen LogP contribution is 2.19. The zero-order chi connectivity index (χ0) is 19.7. The number of hydrazine groups is 1. The summed E-state index contributed by atoms with van der Waals surface area (Å²) in [5.74, 6) is -0.704. The van der Waals surface area contributed by atoms with Gasteiger partial charge in [0, 0.05) is 23.9 Å². The molecule has 0 aliphatic rings. The molecular weight excluding hydrogens is 410 g/mol. The molecule has 12 heteroatoms. The van der Waals surface area contributed by atoms with Crippen LogP contribution in [0.15, 0.2) is 44.9 Å². The summed E-state index contributed by atoms with van der Waals surface area (Å²) < 4.78 is 27.1. The summed E-state index contributed by atoms with van der Waals surface area (Å²) >= 11 is 2.12. The molecule has 4 N–H and O–H groups in total. The number of urea groups is 1. The Morgan fingerprint density at radius 3 is 2.67 bits per heavy atom. The van der Waals surface area contributed by atoms with E-state index in [0.29, 0.717) is 10.9 Å². The van der Waals surface area contributed by atoms with Crippen LogP contribution in [0.2, 0.25) is 0 Å². The number of carbonyl (C=O) groups excluding carboxylic acids is 2. The minimum atomic E-state index is -3.87. The van der Waals surface area contributed by atoms with E-state index < -0.39 is 15.9 Å². The highest BCUT2D eigenvalue weighted by Gasteiger charge is 2.17. The second-order valence-corrected chi connectivity index (χ2v) is 8.78. The molecular formula is C15H19N5O4S3. The van der Waals surface area contributed by atoms with Crippen LogP contribution in [0.4, 0.5) is 4.79 Å². The Balaban J connectivity index is 1.83. The number of hydrogen-bond acceptors (Lipinski definition) is 7. The molecule has 1 aromatic heterocycles. The molecule has 0 spiro atoms. The topological polar surface area (TPSA) is 129 Å². The first-order chi connectivity index (χ1) is 12.9. The van der Waals surface area contributed by atoms with Gasteiger partial charge in [0.05, 0.1) is 4.90 Å². The molecule has 0 aliphatic heterocycles. The lowest BCUT2D eigenvalue weighted by Crippen LogP contribution is -2.41. The summed E-state index contributed by atoms with van der Waals surface area (Å²) in [4.78, 5) is 29.7. The minimum absolute atomic E-state index is 0.0260. The maximum atomic E-state index is 12.1. The van der Waals surface area contributed by atoms with E-state index in [-0.39, 0.29) is 16.6 Å². The van der Waals surface area contributed by atoms with E-state index in [1.165, 1.54) is 17.5 Å². The number of thiazole rings is 1. The average Bonchev–Trinajstić information content (AvgIpc) is 3.15. The number of carbonyl (C=O) groups is 2. The van der Waals surface area contributed by atoms with Crippen molar-refractivity contribution in [3.05, 3.63) is 41.4 Å². The minimum Gasteiger partial charge on any atom is -0.337 e. The molecule has 9 nitrogen and oxygen atoms in total. The number of sulfonamides is 1. The normalized spacial score (nSPS) is 11.0. The van der Waals surface area contributed by atoms with Crippen molar-refractivity contribution < 1.29 is 18.0 Å². The molecule has 0 radical (unpaired) electrons. The third-order valence-electron chi connectivity index (χ3n) is 3.12. The van der Waals surface area contributed by atoms with Crippen LogP contribution >= 0.6 is 23.3 Å². The maximum absolute atomic E-state index is 12.1. The van der Waals surface area contributed by atoms with Gasteiger partial charge in [-0.3, -0.25) is 14.9 Å². The fraction of sp³-hybridized carbons (Fsp3) is 0.267. The first-order valence-corrected chi connectivity index (χ1v) is 11.1. The molecule has 0 aliphatic carbocycles. The van der Waals surface area contributed by atoms with Crippen LogP contribution in [0.5, 0.6) is 0 Å². The van der Waals surface area contributed by atoms with Gasteiger partial charge in [0.25, 0.3) is 15.9 Å². The van der Waals surface area contributed by atoms with Crippen molar-refractivity contribution in [1.29, 1.82) is 0 Å². The van der Waals surface area contributed by atoms with Crippen molar-refractivity contribution in [1.82, 2.24) is 25.3 Å². The van der Waals surface area contributed by atoms with Crippen molar-refractivity contribution in [2.24, 2.45) is 0 Å². The van der Waals surface area contributed by atoms with E-state index >= 15 is 0 Å². The molecule has 27 heavy (non-hydrogen) atoms. The number of nitrogens with zero attached hydrogens (tertiary/aromatic N) is 1. The highest BCUT2D eigenvalue weighted by molar-refractivity contribution is 7.99. The van der Waals surface area contributed by atoms with Crippen molar-refractivity contribution >= 4 is 45.2 Å². The lowest BCUT2D eigenvalue weighted by atomic mass is 10.3. The molecule has 0 bridgehead atoms. The molecule has 1 heterocycles. The number of nitrogens with one attached hydrogen (secondary N) is 4. The zero-order valence-corrected chi connectivity index (χ0v) is 16.8. The monoisotopic (exact) mass is 429 g/mol. The smallest absolute Gasteiger partial charge is 0.325 e. The lowest BCUT2D eigenvalue weighted by molar-refractivity contribution is 0.0940. The van der Waals surface area contributed by atoms with Gasteiger partial charge >= 0.3 is 6.03 Å². The van der Waals surface area contributed by atoms with Crippen molar-refractivity contribution in [3.63, 3.8) is 0 Å². The molecule has 146 valence electrons. The van der Waals surface area contributed by atoms with Gasteiger partial charge in [-0.05, 0) is 18.6 Å². The van der Waals surface area contributed by atoms with Crippen LogP contribution in [0.25, 0.3) is 0 Å². The third kappa shape index (κ3) is 6.82. The van der Waals surface area contributed by atoms with Gasteiger partial charge in [-0.1, -0.05) is 31.5 Å². The zero-order valence-electron chi connectivity index (χ0n) is 14.4. The Bertz CT molecular complexity index is 871. The first kappa shape index (κ1) is 21.2. The first-order valence-electron chi connectivity index (χ1n) is 7.96. The Labute approximate surface area is 165 Å². The quantitative estimate of drug-likeness (QED) is 0.274. The van der Waals surface area contributed by atoms with E-state index in [9.17, 15) is 18.0 Å². The van der Waals surface area contributed by atoms with Crippen LogP contribution in [0.1, 0.15) is 30.3 Å². The fourth-order valence-electron chi connectivity index (χ4n) is 1.75. The summed E-state index contributed by atoms with van der Waals surface area (Å²) in [5.41, 5.74) is 2.14. The highest BCUT2D eigenvalue weighted by atomic mass is 32.2. The van der Waals surface area contributed by atoms with Gasteiger partial charge in [0.2, 0.25) is 0 Å². The molecule has 2 rings (SSSR count). The third-order valence-corrected chi connectivity index (χ3v) is 6.10. The summed E-state index contributed by atoms with van der Waals surface area (Å²) in [6, 6.07) is 7.30. The van der Waals surface area contributed by atoms with E-state index in [1.54, 1.807) is 18.2 Å². The van der Waals surface area contributed by atoms with Crippen LogP contribution in [-0.4, -0.2) is 31.9 Å². The number of rotatable bonds is 9. The van der Waals surface area contributed by atoms with Gasteiger partial charge in [0.15, 0.2) is 4.34 Å². The van der Waals surface area contributed by atoms with E-state index in [0.717, 1.165) is 36.1 Å². The van der Waals surface area contributed by atoms with Crippen molar-refractivity contribution in [3.8, 4) is 0 Å². The Hall–Kier alpha value is -2.15. The molecule has 0 unspecified atom stereocenters. The average molecular weight is 430 g/mol. The Morgan fingerprint density at radius 1 is 1.22 bits per heavy atom. The lowest BCUT2D eigenvalue weighted by Gasteiger charge is -2.07. The van der Waals surface area contributed by atoms with Crippen molar-refractivity contribution in [2.45, 2.75) is 29.0 Å². The Morgan fingerprint density at radius 2 is 1.96 bits per heavy atom. The van der Waals surface area contributed by atoms with Crippen LogP contribution < -0.4 is 20.3 Å². The number of benzene rings is 1. The van der Waals surface area contributed by atoms with Crippen LogP contribution in [-0.2, 0) is 10.0 Å². The van der Waals surface area contributed by atoms with Gasteiger partial charge in [0.1, 0.15) is 5.69 Å². The fourth-order valence-corrected chi connectivity index (χ4v) is 3.99. The van der Waals surface area contributed by atoms with Crippen molar-refractivity contribution in [2.75, 3.05) is 6.54 Å². The van der Waals surface area contributed by atoms with Crippen LogP contribution in [0, 0.1) is 0 Å². The summed E-state index contributed by atoms with van der Waals surface area (Å²) in [6.45, 7) is 2.60. The molecule has 0 saturated heterocycles. The summed E-state index contributed by atoms with van der Waals surface area (Å²) in [6.07, 6.45) is 1.87. The largest absolute Gasteiger partial charge is 0.337 e. The number of hydrogen-bond donors (Lipinski definition) is 4. The Kier molecular flexibility index (Phi) is 8.03. The summed E-state index contributed by atoms with van der Waals surface area (Å²) in [7, 11) is -3.87. The van der Waals surface area contributed by atoms with E-state index in [2.05, 4.69) is 20.4 Å². The SMILES string of the molecule is CCCCNC(=O)NSc1nc(C(=O)NNS(=O)(=O)c2ccccc2)cs1. The van der Waals surface area contributed by atoms with Crippen LogP contribution in [0.3, 0.4) is 0 Å². The molecule has 3 amide bonds. The summed E-state index contributed by atoms with van der Waals surface area (Å²) in [5, 5.41) is 4.15. The predicted molar refractivity (Wildman–Crippen MR) is 104 cm³/mol. The van der Waals surface area contributed by atoms with Gasteiger partial charge in [-0.2, -0.15) is 0 Å². The maximum Gasteiger partial charge on any atom is 0.325 e. The van der Waals surface area contributed by atoms with E-state index in [1.807, 2.05) is 11.8 Å². The number of unbranched alkanes of at least 4 members (excludes halogenated alkanes) is 1. The molecule has 0 saturated carbocycles.